The van der Waals surface area contributed by atoms with E-state index in [4.69, 9.17) is 14.2 Å². The molecule has 7 heteroatoms. The molecule has 0 radical (unpaired) electrons. The lowest BCUT2D eigenvalue weighted by Crippen LogP contribution is -2.27. The molecule has 1 N–H and O–H groups in total. The second kappa shape index (κ2) is 8.42. The minimum absolute atomic E-state index is 0.198. The fourth-order valence-corrected chi connectivity index (χ4v) is 4.01. The second-order valence-electron chi connectivity index (χ2n) is 5.78. The minimum atomic E-state index is -3.71. The number of hydrogen-bond donors (Lipinski definition) is 1. The summed E-state index contributed by atoms with van der Waals surface area (Å²) in [5, 5.41) is 0. The van der Waals surface area contributed by atoms with Gasteiger partial charge in [0, 0.05) is 11.6 Å². The van der Waals surface area contributed by atoms with Crippen LogP contribution in [0.5, 0.6) is 17.2 Å². The summed E-state index contributed by atoms with van der Waals surface area (Å²) in [6.07, 6.45) is 0.672. The van der Waals surface area contributed by atoms with Crippen LogP contribution in [0.2, 0.25) is 0 Å². The highest BCUT2D eigenvalue weighted by atomic mass is 32.2. The molecule has 0 aliphatic carbocycles. The Kier molecular flexibility index (Phi) is 6.50. The second-order valence-corrected chi connectivity index (χ2v) is 7.49. The molecular weight excluding hydrogens is 354 g/mol. The van der Waals surface area contributed by atoms with Gasteiger partial charge in [-0.3, -0.25) is 0 Å². The molecule has 0 saturated carbocycles. The average Bonchev–Trinajstić information content (AvgIpc) is 2.66. The van der Waals surface area contributed by atoms with Crippen molar-refractivity contribution in [3.05, 3.63) is 47.5 Å². The summed E-state index contributed by atoms with van der Waals surface area (Å²) >= 11 is 0. The van der Waals surface area contributed by atoms with Gasteiger partial charge in [0.15, 0.2) is 0 Å². The monoisotopic (exact) mass is 379 g/mol. The highest BCUT2D eigenvalue weighted by molar-refractivity contribution is 7.89. The zero-order valence-corrected chi connectivity index (χ0v) is 16.5. The Balaban J connectivity index is 2.35. The number of methoxy groups -OCH3 is 3. The number of ether oxygens (including phenoxy) is 3. The SMILES string of the molecule is CCc1cc(S(=O)(=O)NC(C)c2cc(OC)ccc2OC)ccc1OC. The number of benzene rings is 2. The van der Waals surface area contributed by atoms with Crippen molar-refractivity contribution < 1.29 is 22.6 Å². The van der Waals surface area contributed by atoms with Crippen molar-refractivity contribution in [1.29, 1.82) is 0 Å². The van der Waals surface area contributed by atoms with E-state index in [0.29, 0.717) is 29.2 Å². The molecule has 142 valence electrons. The van der Waals surface area contributed by atoms with Crippen molar-refractivity contribution in [2.24, 2.45) is 0 Å². The molecule has 0 aliphatic heterocycles. The highest BCUT2D eigenvalue weighted by Gasteiger charge is 2.22. The van der Waals surface area contributed by atoms with E-state index in [1.165, 1.54) is 6.07 Å². The number of aryl methyl sites for hydroxylation is 1. The Morgan fingerprint density at radius 2 is 1.62 bits per heavy atom. The van der Waals surface area contributed by atoms with Crippen molar-refractivity contribution in [1.82, 2.24) is 4.72 Å². The summed E-state index contributed by atoms with van der Waals surface area (Å²) in [6, 6.07) is 9.62. The largest absolute Gasteiger partial charge is 0.497 e. The highest BCUT2D eigenvalue weighted by Crippen LogP contribution is 2.30. The third kappa shape index (κ3) is 4.28. The van der Waals surface area contributed by atoms with Crippen molar-refractivity contribution in [2.75, 3.05) is 21.3 Å². The van der Waals surface area contributed by atoms with Crippen LogP contribution in [0.3, 0.4) is 0 Å². The molecular formula is C19H25NO5S. The van der Waals surface area contributed by atoms with Crippen molar-refractivity contribution >= 4 is 10.0 Å². The van der Waals surface area contributed by atoms with Gasteiger partial charge in [0.1, 0.15) is 17.2 Å². The zero-order valence-electron chi connectivity index (χ0n) is 15.7. The third-order valence-electron chi connectivity index (χ3n) is 4.18. The summed E-state index contributed by atoms with van der Waals surface area (Å²) in [6.45, 7) is 3.71. The molecule has 1 atom stereocenters. The lowest BCUT2D eigenvalue weighted by atomic mass is 10.1. The zero-order chi connectivity index (χ0) is 19.3. The normalized spacial score (nSPS) is 12.5. The third-order valence-corrected chi connectivity index (χ3v) is 5.72. The van der Waals surface area contributed by atoms with E-state index in [2.05, 4.69) is 4.72 Å². The number of hydrogen-bond acceptors (Lipinski definition) is 5. The quantitative estimate of drug-likeness (QED) is 0.762. The molecule has 0 bridgehead atoms. The van der Waals surface area contributed by atoms with Crippen LogP contribution < -0.4 is 18.9 Å². The van der Waals surface area contributed by atoms with Crippen LogP contribution in [0, 0.1) is 0 Å². The molecule has 1 unspecified atom stereocenters. The number of rotatable bonds is 8. The average molecular weight is 379 g/mol. The Labute approximate surface area is 155 Å². The maximum absolute atomic E-state index is 12.8. The van der Waals surface area contributed by atoms with Crippen LogP contribution >= 0.6 is 0 Å². The van der Waals surface area contributed by atoms with Crippen LogP contribution in [0.15, 0.2) is 41.3 Å². The first kappa shape index (κ1) is 20.1. The van der Waals surface area contributed by atoms with Gasteiger partial charge in [0.2, 0.25) is 10.0 Å². The summed E-state index contributed by atoms with van der Waals surface area (Å²) in [5.74, 6) is 1.89. The smallest absolute Gasteiger partial charge is 0.241 e. The van der Waals surface area contributed by atoms with Gasteiger partial charge >= 0.3 is 0 Å². The van der Waals surface area contributed by atoms with Crippen molar-refractivity contribution in [3.8, 4) is 17.2 Å². The van der Waals surface area contributed by atoms with Gasteiger partial charge in [-0.2, -0.15) is 0 Å². The van der Waals surface area contributed by atoms with Crippen molar-refractivity contribution in [2.45, 2.75) is 31.2 Å². The molecule has 0 saturated heterocycles. The predicted octanol–water partition coefficient (Wildman–Crippen LogP) is 3.31. The van der Waals surface area contributed by atoms with Crippen LogP contribution in [-0.2, 0) is 16.4 Å². The van der Waals surface area contributed by atoms with E-state index in [9.17, 15) is 8.42 Å². The van der Waals surface area contributed by atoms with E-state index in [0.717, 1.165) is 5.56 Å². The van der Waals surface area contributed by atoms with Crippen LogP contribution in [0.25, 0.3) is 0 Å². The molecule has 2 aromatic rings. The van der Waals surface area contributed by atoms with Gasteiger partial charge in [0.25, 0.3) is 0 Å². The van der Waals surface area contributed by atoms with Gasteiger partial charge in [-0.15, -0.1) is 0 Å². The van der Waals surface area contributed by atoms with Gasteiger partial charge < -0.3 is 14.2 Å². The van der Waals surface area contributed by atoms with Crippen molar-refractivity contribution in [3.63, 3.8) is 0 Å². The summed E-state index contributed by atoms with van der Waals surface area (Å²) in [7, 11) is 0.961. The topological polar surface area (TPSA) is 73.9 Å². The molecule has 6 nitrogen and oxygen atoms in total. The van der Waals surface area contributed by atoms with Gasteiger partial charge in [-0.25, -0.2) is 13.1 Å². The van der Waals surface area contributed by atoms with E-state index >= 15 is 0 Å². The van der Waals surface area contributed by atoms with E-state index in [1.54, 1.807) is 58.6 Å². The fourth-order valence-electron chi connectivity index (χ4n) is 2.74. The molecule has 2 rings (SSSR count). The molecule has 0 aliphatic rings. The molecule has 0 amide bonds. The van der Waals surface area contributed by atoms with Gasteiger partial charge in [-0.05, 0) is 55.3 Å². The van der Waals surface area contributed by atoms with Gasteiger partial charge in [-0.1, -0.05) is 6.92 Å². The fraction of sp³-hybridized carbons (Fsp3) is 0.368. The molecule has 0 aromatic heterocycles. The maximum Gasteiger partial charge on any atom is 0.241 e. The first-order chi connectivity index (χ1) is 12.4. The predicted molar refractivity (Wildman–Crippen MR) is 101 cm³/mol. The number of sulfonamides is 1. The lowest BCUT2D eigenvalue weighted by Gasteiger charge is -2.19. The Morgan fingerprint density at radius 1 is 0.962 bits per heavy atom. The van der Waals surface area contributed by atoms with E-state index in [-0.39, 0.29) is 4.90 Å². The maximum atomic E-state index is 12.8. The molecule has 0 fully saturated rings. The summed E-state index contributed by atoms with van der Waals surface area (Å²) in [4.78, 5) is 0.198. The van der Waals surface area contributed by atoms with Crippen LogP contribution in [0.4, 0.5) is 0 Å². The standard InChI is InChI=1S/C19H25NO5S/c1-6-14-11-16(8-10-18(14)24-4)26(21,22)20-13(2)17-12-15(23-3)7-9-19(17)25-5/h7-13,20H,6H2,1-5H3. The Bertz CT molecular complexity index is 864. The number of nitrogens with one attached hydrogen (secondary N) is 1. The van der Waals surface area contributed by atoms with Crippen LogP contribution in [0.1, 0.15) is 31.0 Å². The Morgan fingerprint density at radius 3 is 2.19 bits per heavy atom. The van der Waals surface area contributed by atoms with Gasteiger partial charge in [0.05, 0.1) is 26.2 Å². The van der Waals surface area contributed by atoms with E-state index in [1.807, 2.05) is 6.92 Å². The Hall–Kier alpha value is -2.25. The first-order valence-electron chi connectivity index (χ1n) is 8.27. The molecule has 0 spiro atoms. The lowest BCUT2D eigenvalue weighted by molar-refractivity contribution is 0.395. The van der Waals surface area contributed by atoms with E-state index < -0.39 is 16.1 Å². The molecule has 26 heavy (non-hydrogen) atoms. The molecule has 0 heterocycles. The minimum Gasteiger partial charge on any atom is -0.497 e. The summed E-state index contributed by atoms with van der Waals surface area (Å²) in [5.41, 5.74) is 1.53. The first-order valence-corrected chi connectivity index (χ1v) is 9.75. The van der Waals surface area contributed by atoms with Crippen LogP contribution in [-0.4, -0.2) is 29.7 Å². The molecule has 2 aromatic carbocycles. The summed E-state index contributed by atoms with van der Waals surface area (Å²) < 4.78 is 44.2.